The average Bonchev–Trinajstić information content (AvgIpc) is 1.46. The summed E-state index contributed by atoms with van der Waals surface area (Å²) >= 11 is 0. The van der Waals surface area contributed by atoms with Gasteiger partial charge in [0, 0.05) is 67.1 Å². The van der Waals surface area contributed by atoms with Crippen LogP contribution in [0.3, 0.4) is 0 Å². The molecule has 0 aromatic heterocycles. The second-order valence-electron chi connectivity index (χ2n) is 39.8. The van der Waals surface area contributed by atoms with Crippen LogP contribution in [0.4, 0.5) is 0 Å². The van der Waals surface area contributed by atoms with Crippen molar-refractivity contribution >= 4 is 62.9 Å². The van der Waals surface area contributed by atoms with Crippen molar-refractivity contribution in [2.24, 2.45) is 90.2 Å². The fourth-order valence-corrected chi connectivity index (χ4v) is 25.2. The van der Waals surface area contributed by atoms with Crippen LogP contribution >= 0.6 is 0 Å². The lowest BCUT2D eigenvalue weighted by molar-refractivity contribution is -0.152. The molecule has 0 aromatic rings. The van der Waals surface area contributed by atoms with Gasteiger partial charge in [0.2, 0.25) is 39.6 Å². The molecule has 0 radical (unpaired) electrons. The molecule has 2 unspecified atom stereocenters. The Morgan fingerprint density at radius 2 is 0.883 bits per heavy atom. The van der Waals surface area contributed by atoms with Gasteiger partial charge in [0.1, 0.15) is 6.04 Å². The highest BCUT2D eigenvalue weighted by atomic mass is 32.2. The third-order valence-electron chi connectivity index (χ3n) is 31.8. The minimum absolute atomic E-state index is 0.00786. The fraction of sp³-hybridized carbons (Fsp3) is 0.892. The van der Waals surface area contributed by atoms with E-state index >= 15 is 4.79 Å². The Balaban J connectivity index is 0.000000216. The van der Waals surface area contributed by atoms with Gasteiger partial charge in [-0.05, 0) is 195 Å². The number of fused-ring (bicyclic) bond motifs is 2. The third kappa shape index (κ3) is 14.0. The first kappa shape index (κ1) is 79.7. The number of carbonyl (C=O) groups excluding carboxylic acids is 8. The van der Waals surface area contributed by atoms with E-state index < -0.39 is 78.9 Å². The third-order valence-corrected chi connectivity index (χ3v) is 34.0. The van der Waals surface area contributed by atoms with Crippen LogP contribution in [-0.2, 0) is 53.2 Å². The van der Waals surface area contributed by atoms with E-state index in [4.69, 9.17) is 0 Å². The number of hydrogen-bond acceptors (Lipinski definition) is 13. The maximum Gasteiger partial charge on any atom is 0.326 e. The maximum atomic E-state index is 15.4. The number of ketones is 3. The van der Waals surface area contributed by atoms with E-state index in [1.54, 1.807) is 16.7 Å². The summed E-state index contributed by atoms with van der Waals surface area (Å²) in [5, 5.41) is 16.9. The maximum absolute atomic E-state index is 15.4. The molecule has 2 heterocycles. The predicted octanol–water partition coefficient (Wildman–Crippen LogP) is 12.6. The number of Topliss-reactive ketones (excluding diaryl/α,β-unsaturated/α-hetero) is 3. The zero-order valence-corrected chi connectivity index (χ0v) is 67.2. The molecule has 10 aliphatic carbocycles. The second kappa shape index (κ2) is 28.9. The van der Waals surface area contributed by atoms with E-state index in [2.05, 4.69) is 52.9 Å². The van der Waals surface area contributed by atoms with Gasteiger partial charge in [-0.2, -0.15) is 0 Å². The highest BCUT2D eigenvalue weighted by Crippen LogP contribution is 2.89. The summed E-state index contributed by atoms with van der Waals surface area (Å²) in [5.74, 6) is -4.09. The number of sulfonamides is 1. The number of nitrogens with one attached hydrogen (secondary N) is 3. The van der Waals surface area contributed by atoms with Crippen LogP contribution in [0.15, 0.2) is 0 Å². The number of carboxylic acids is 1. The van der Waals surface area contributed by atoms with Gasteiger partial charge in [-0.3, -0.25) is 43.1 Å². The Bertz CT molecular complexity index is 3360. The van der Waals surface area contributed by atoms with E-state index in [0.717, 1.165) is 148 Å². The lowest BCUT2D eigenvalue weighted by atomic mass is 9.73. The molecule has 12 rings (SSSR count). The van der Waals surface area contributed by atoms with E-state index in [1.807, 2.05) is 76.7 Å². The summed E-state index contributed by atoms with van der Waals surface area (Å²) in [7, 11) is 4.22. The number of aliphatic carboxylic acids is 1. The van der Waals surface area contributed by atoms with Crippen LogP contribution in [-0.4, -0.2) is 168 Å². The summed E-state index contributed by atoms with van der Waals surface area (Å²) in [6, 6.07) is -2.60. The van der Waals surface area contributed by atoms with Crippen LogP contribution < -0.4 is 15.4 Å². The van der Waals surface area contributed by atoms with Gasteiger partial charge in [0.15, 0.2) is 17.3 Å². The van der Waals surface area contributed by atoms with E-state index in [1.165, 1.54) is 6.42 Å². The molecule has 12 fully saturated rings. The smallest absolute Gasteiger partial charge is 0.326 e. The molecule has 4 N–H and O–H groups in total. The van der Waals surface area contributed by atoms with E-state index in [0.29, 0.717) is 51.6 Å². The highest BCUT2D eigenvalue weighted by Gasteiger charge is 2.86. The number of carbonyl (C=O) groups is 9. The lowest BCUT2D eigenvalue weighted by Crippen LogP contribution is -2.54. The van der Waals surface area contributed by atoms with Crippen molar-refractivity contribution in [2.75, 3.05) is 41.3 Å². The first-order valence-electron chi connectivity index (χ1n) is 41.0. The SMILES string of the molecule is CC[C@@H]1C[C@]1(CC(=O)[C@@H]1C[C@@]2(CN1C(=O)[C@@H](CC(=O)[C@@H](NC(=O)[C@@H]1CCCCC1N(C)C)C1CCCCC1)C(C)(C)C)C(C)(C)C21CCC1)C(=O)NS(=O)(=O)C1(C)CC1.CN(C)C1CCCC[C@H]1C(=O)N[C@H](C(=O)C[C@H](C(=O)N1C[C@]2(C[C@H]1C(=O)O)C(C)(C)C21CCC1)C(C)(C)C)C1CCCCC1. The molecule has 2 aliphatic heterocycles. The van der Waals surface area contributed by atoms with E-state index in [-0.39, 0.29) is 134 Å². The van der Waals surface area contributed by atoms with Crippen LogP contribution in [0.5, 0.6) is 0 Å². The number of carboxylic acid groups (broad SMARTS) is 1. The molecule has 12 aliphatic rings. The predicted molar refractivity (Wildman–Crippen MR) is 399 cm³/mol. The molecule has 19 nitrogen and oxygen atoms in total. The Hall–Kier alpha value is -4.30. The molecule has 5 amide bonds. The zero-order valence-electron chi connectivity index (χ0n) is 66.4. The van der Waals surface area contributed by atoms with Gasteiger partial charge < -0.3 is 35.3 Å². The van der Waals surface area contributed by atoms with Crippen LogP contribution in [0.1, 0.15) is 295 Å². The fourth-order valence-electron chi connectivity index (χ4n) is 23.9. The van der Waals surface area contributed by atoms with E-state index in [9.17, 15) is 51.9 Å². The minimum Gasteiger partial charge on any atom is -0.480 e. The van der Waals surface area contributed by atoms with Gasteiger partial charge in [-0.15, -0.1) is 0 Å². The summed E-state index contributed by atoms with van der Waals surface area (Å²) in [6.07, 6.45) is 27.3. The van der Waals surface area contributed by atoms with Crippen molar-refractivity contribution in [3.8, 4) is 0 Å². The first-order chi connectivity index (χ1) is 48.1. The lowest BCUT2D eigenvalue weighted by Gasteiger charge is -2.39. The largest absolute Gasteiger partial charge is 0.480 e. The normalized spacial score (nSPS) is 33.6. The molecule has 2 saturated heterocycles. The van der Waals surface area contributed by atoms with Crippen LogP contribution in [0, 0.1) is 90.2 Å². The number of likely N-dealkylation sites (tertiary alicyclic amines) is 2. The van der Waals surface area contributed by atoms with Crippen molar-refractivity contribution < 1.29 is 56.7 Å². The summed E-state index contributed by atoms with van der Waals surface area (Å²) in [5.41, 5.74) is -2.57. The molecule has 20 heteroatoms. The topological polar surface area (TPSA) is 257 Å². The monoisotopic (exact) mass is 1450 g/mol. The Morgan fingerprint density at radius 3 is 1.21 bits per heavy atom. The molecule has 4 spiro atoms. The Kier molecular flexibility index (Phi) is 22.4. The number of hydrogen-bond donors (Lipinski definition) is 4. The number of nitrogens with zero attached hydrogens (tertiary/aromatic N) is 4. The molecule has 0 aromatic carbocycles. The van der Waals surface area contributed by atoms with Crippen molar-refractivity contribution in [3.63, 3.8) is 0 Å². The van der Waals surface area contributed by atoms with Gasteiger partial charge >= 0.3 is 5.97 Å². The van der Waals surface area contributed by atoms with Crippen molar-refractivity contribution in [1.82, 2.24) is 35.0 Å². The summed E-state index contributed by atoms with van der Waals surface area (Å²) in [6.45, 7) is 25.5. The molecule has 0 bridgehead atoms. The quantitative estimate of drug-likeness (QED) is 0.0701. The van der Waals surface area contributed by atoms with Crippen molar-refractivity contribution in [3.05, 3.63) is 0 Å². The number of amides is 5. The Labute approximate surface area is 618 Å². The van der Waals surface area contributed by atoms with Crippen molar-refractivity contribution in [1.29, 1.82) is 0 Å². The average molecular weight is 1460 g/mol. The summed E-state index contributed by atoms with van der Waals surface area (Å²) < 4.78 is 27.9. The zero-order chi connectivity index (χ0) is 75.4. The van der Waals surface area contributed by atoms with Gasteiger partial charge in [0.05, 0.1) is 40.1 Å². The molecule has 580 valence electrons. The molecule has 10 saturated carbocycles. The molecule has 103 heavy (non-hydrogen) atoms. The summed E-state index contributed by atoms with van der Waals surface area (Å²) in [4.78, 5) is 136. The molecular weight excluding hydrogens is 1320 g/mol. The highest BCUT2D eigenvalue weighted by molar-refractivity contribution is 7.91. The van der Waals surface area contributed by atoms with Crippen LogP contribution in [0.25, 0.3) is 0 Å². The van der Waals surface area contributed by atoms with Gasteiger partial charge in [-0.25, -0.2) is 13.2 Å². The van der Waals surface area contributed by atoms with Gasteiger partial charge in [-0.1, -0.05) is 160 Å². The standard InChI is InChI=1S/C47H76N4O7S.C36H59N3O5/c1-10-31-26-45(31,41(56)49-59(57,58)44(7)23-24-44)28-37(53)35-27-47(43(5,6)46(47)21-16-22-46)29-51(35)40(55)33(42(2,3)4)25-36(52)38(30-17-12-11-13-18-30)48-39(54)32-19-14-15-20-34(32)50(8)9;1-33(2,3)25(31(42)39-22-36(21-27(39)32(43)44)34(4,5)35(36)18-13-19-35)20-28(40)29(23-14-9-8-10-15-23)37-30(41)24-16-11-12-17-26(24)38(6)7/h30-35,38H,10-29H2,1-9H3,(H,48,54)(H,49,56);23-27,29H,8-22H2,1-7H3,(H,37,41)(H,43,44)/t31-,32-,33-,34?,35+,38+,45-,47-;24-,25-,26?,27+,29+,36-/m11/s1. The number of rotatable bonds is 24. The van der Waals surface area contributed by atoms with Crippen molar-refractivity contribution in [2.45, 2.75) is 336 Å². The molecular formula is C83H135N7O12S. The minimum atomic E-state index is -3.89. The first-order valence-corrected chi connectivity index (χ1v) is 42.5. The molecule has 14 atom stereocenters. The Morgan fingerprint density at radius 1 is 0.505 bits per heavy atom. The second-order valence-corrected chi connectivity index (χ2v) is 42.0. The van der Waals surface area contributed by atoms with Crippen LogP contribution in [0.2, 0.25) is 0 Å². The van der Waals surface area contributed by atoms with Gasteiger partial charge in [0.25, 0.3) is 0 Å².